The first-order valence-electron chi connectivity index (χ1n) is 3.70. The minimum absolute atomic E-state index is 0.0162. The van der Waals surface area contributed by atoms with Crippen molar-refractivity contribution in [2.75, 3.05) is 0 Å². The van der Waals surface area contributed by atoms with Crippen LogP contribution in [0.2, 0.25) is 0 Å². The lowest BCUT2D eigenvalue weighted by atomic mass is 10.6. The van der Waals surface area contributed by atoms with E-state index in [0.29, 0.717) is 5.82 Å². The Morgan fingerprint density at radius 3 is 2.64 bits per heavy atom. The van der Waals surface area contributed by atoms with E-state index >= 15 is 0 Å². The molecule has 76 valence electrons. The van der Waals surface area contributed by atoms with Crippen LogP contribution >= 0.6 is 0 Å². The van der Waals surface area contributed by atoms with Crippen LogP contribution in [0.25, 0.3) is 0 Å². The highest BCUT2D eigenvalue weighted by Crippen LogP contribution is 1.88. The number of hydrogen-bond acceptors (Lipinski definition) is 4. The second-order valence-corrected chi connectivity index (χ2v) is 2.41. The first-order valence-corrected chi connectivity index (χ1v) is 3.70. The standard InChI is InChI=1S/C5H11N9/c1-14-12-3(11-13-14)2-9-5(8)10-4(6)7/h2H2,1H3,(H6,6,7,8,9,10). The van der Waals surface area contributed by atoms with Gasteiger partial charge in [0.15, 0.2) is 11.8 Å². The van der Waals surface area contributed by atoms with Gasteiger partial charge in [-0.25, -0.2) is 4.99 Å². The van der Waals surface area contributed by atoms with Gasteiger partial charge in [-0.15, -0.1) is 10.2 Å². The molecule has 0 amide bonds. The van der Waals surface area contributed by atoms with Crippen LogP contribution in [0, 0.1) is 0 Å². The summed E-state index contributed by atoms with van der Waals surface area (Å²) in [5.41, 5.74) is 15.5. The molecule has 1 aromatic heterocycles. The number of aliphatic imine (C=N–C) groups is 2. The monoisotopic (exact) mass is 197 g/mol. The topological polar surface area (TPSA) is 146 Å². The highest BCUT2D eigenvalue weighted by atomic mass is 15.6. The van der Waals surface area contributed by atoms with Crippen LogP contribution in [0.15, 0.2) is 9.98 Å². The van der Waals surface area contributed by atoms with E-state index in [4.69, 9.17) is 17.2 Å². The number of tetrazole rings is 1. The van der Waals surface area contributed by atoms with Crippen LogP contribution in [0.5, 0.6) is 0 Å². The molecule has 1 rings (SSSR count). The SMILES string of the molecule is Cn1nnc(CN=C(N)N=C(N)N)n1. The third-order valence-corrected chi connectivity index (χ3v) is 1.18. The van der Waals surface area contributed by atoms with E-state index in [1.807, 2.05) is 0 Å². The molecule has 0 bridgehead atoms. The van der Waals surface area contributed by atoms with Crippen LogP contribution in [-0.2, 0) is 13.6 Å². The molecule has 0 radical (unpaired) electrons. The van der Waals surface area contributed by atoms with Crippen LogP contribution in [0.4, 0.5) is 0 Å². The summed E-state index contributed by atoms with van der Waals surface area (Å²) in [5.74, 6) is 0.289. The fourth-order valence-electron chi connectivity index (χ4n) is 0.706. The zero-order chi connectivity index (χ0) is 10.6. The van der Waals surface area contributed by atoms with Gasteiger partial charge in [0.1, 0.15) is 6.54 Å². The second-order valence-electron chi connectivity index (χ2n) is 2.41. The van der Waals surface area contributed by atoms with Crippen LogP contribution in [-0.4, -0.2) is 32.1 Å². The summed E-state index contributed by atoms with van der Waals surface area (Å²) in [7, 11) is 1.65. The predicted octanol–water partition coefficient (Wildman–Crippen LogP) is -2.70. The molecule has 1 aromatic rings. The smallest absolute Gasteiger partial charge is 0.218 e. The summed E-state index contributed by atoms with van der Waals surface area (Å²) >= 11 is 0. The number of guanidine groups is 2. The van der Waals surface area contributed by atoms with Crippen molar-refractivity contribution in [3.05, 3.63) is 5.82 Å². The quantitative estimate of drug-likeness (QED) is 0.347. The van der Waals surface area contributed by atoms with Crippen LogP contribution in [0.1, 0.15) is 5.82 Å². The van der Waals surface area contributed by atoms with Crippen molar-refractivity contribution in [3.8, 4) is 0 Å². The molecule has 1 heterocycles. The number of nitrogens with zero attached hydrogens (tertiary/aromatic N) is 6. The Kier molecular flexibility index (Phi) is 2.94. The molecule has 0 saturated heterocycles. The van der Waals surface area contributed by atoms with Crippen molar-refractivity contribution in [1.82, 2.24) is 20.2 Å². The van der Waals surface area contributed by atoms with Gasteiger partial charge < -0.3 is 17.2 Å². The molecule has 0 aliphatic rings. The number of aryl methyl sites for hydroxylation is 1. The van der Waals surface area contributed by atoms with Gasteiger partial charge in [-0.3, -0.25) is 0 Å². The lowest BCUT2D eigenvalue weighted by molar-refractivity contribution is 0.627. The largest absolute Gasteiger partial charge is 0.370 e. The van der Waals surface area contributed by atoms with Crippen LogP contribution in [0.3, 0.4) is 0 Å². The molecule has 0 spiro atoms. The van der Waals surface area contributed by atoms with Crippen molar-refractivity contribution in [1.29, 1.82) is 0 Å². The molecule has 9 nitrogen and oxygen atoms in total. The van der Waals surface area contributed by atoms with E-state index in [9.17, 15) is 0 Å². The van der Waals surface area contributed by atoms with Crippen LogP contribution < -0.4 is 17.2 Å². The van der Waals surface area contributed by atoms with Crippen molar-refractivity contribution in [2.24, 2.45) is 34.2 Å². The van der Waals surface area contributed by atoms with Gasteiger partial charge in [-0.2, -0.15) is 9.79 Å². The second kappa shape index (κ2) is 4.16. The average molecular weight is 197 g/mol. The molecule has 14 heavy (non-hydrogen) atoms. The van der Waals surface area contributed by atoms with E-state index in [0.717, 1.165) is 0 Å². The van der Waals surface area contributed by atoms with Crippen molar-refractivity contribution in [2.45, 2.75) is 6.54 Å². The Hall–Kier alpha value is -2.19. The molecule has 0 fully saturated rings. The first kappa shape index (κ1) is 9.89. The lowest BCUT2D eigenvalue weighted by Gasteiger charge is -1.91. The minimum atomic E-state index is -0.140. The summed E-state index contributed by atoms with van der Waals surface area (Å²) in [5, 5.41) is 11.2. The van der Waals surface area contributed by atoms with Gasteiger partial charge in [0.05, 0.1) is 7.05 Å². The Balaban J connectivity index is 2.59. The Morgan fingerprint density at radius 1 is 1.43 bits per heavy atom. The number of nitrogens with two attached hydrogens (primary N) is 3. The van der Waals surface area contributed by atoms with E-state index < -0.39 is 0 Å². The molecule has 0 aliphatic heterocycles. The zero-order valence-electron chi connectivity index (χ0n) is 7.62. The Bertz CT molecular complexity index is 357. The van der Waals surface area contributed by atoms with Gasteiger partial charge in [0, 0.05) is 0 Å². The summed E-state index contributed by atoms with van der Waals surface area (Å²) in [6, 6.07) is 0. The van der Waals surface area contributed by atoms with Gasteiger partial charge >= 0.3 is 0 Å². The zero-order valence-corrected chi connectivity index (χ0v) is 7.62. The number of hydrogen-bond donors (Lipinski definition) is 3. The first-order chi connectivity index (χ1) is 6.58. The molecule has 0 aliphatic carbocycles. The summed E-state index contributed by atoms with van der Waals surface area (Å²) in [4.78, 5) is 8.65. The van der Waals surface area contributed by atoms with E-state index in [1.165, 1.54) is 4.80 Å². The number of rotatable bonds is 2. The number of aromatic nitrogens is 4. The fraction of sp³-hybridized carbons (Fsp3) is 0.400. The van der Waals surface area contributed by atoms with Gasteiger partial charge in [-0.1, -0.05) is 0 Å². The van der Waals surface area contributed by atoms with Crippen molar-refractivity contribution in [3.63, 3.8) is 0 Å². The molecule has 0 aromatic carbocycles. The fourth-order valence-corrected chi connectivity index (χ4v) is 0.706. The molecular formula is C5H11N9. The van der Waals surface area contributed by atoms with E-state index in [2.05, 4.69) is 25.4 Å². The molecule has 6 N–H and O–H groups in total. The predicted molar refractivity (Wildman–Crippen MR) is 49.9 cm³/mol. The Labute approximate surface area is 79.7 Å². The summed E-state index contributed by atoms with van der Waals surface area (Å²) < 4.78 is 0. The molecule has 9 heteroatoms. The minimum Gasteiger partial charge on any atom is -0.370 e. The molecule has 0 atom stereocenters. The molecule has 0 unspecified atom stereocenters. The Morgan fingerprint density at radius 2 is 2.14 bits per heavy atom. The molecular weight excluding hydrogens is 186 g/mol. The summed E-state index contributed by atoms with van der Waals surface area (Å²) in [6.45, 7) is 0.191. The highest BCUT2D eigenvalue weighted by Gasteiger charge is 1.98. The third-order valence-electron chi connectivity index (χ3n) is 1.18. The highest BCUT2D eigenvalue weighted by molar-refractivity contribution is 5.92. The van der Waals surface area contributed by atoms with E-state index in [1.54, 1.807) is 7.05 Å². The third kappa shape index (κ3) is 3.05. The maximum absolute atomic E-state index is 5.35. The van der Waals surface area contributed by atoms with Gasteiger partial charge in [-0.05, 0) is 5.21 Å². The average Bonchev–Trinajstić information content (AvgIpc) is 2.47. The lowest BCUT2D eigenvalue weighted by Crippen LogP contribution is -2.26. The van der Waals surface area contributed by atoms with Crippen molar-refractivity contribution >= 4 is 11.9 Å². The molecule has 0 saturated carbocycles. The maximum Gasteiger partial charge on any atom is 0.218 e. The maximum atomic E-state index is 5.35. The van der Waals surface area contributed by atoms with E-state index in [-0.39, 0.29) is 18.5 Å². The summed E-state index contributed by atoms with van der Waals surface area (Å²) in [6.07, 6.45) is 0. The van der Waals surface area contributed by atoms with Gasteiger partial charge in [0.25, 0.3) is 0 Å². The normalized spacial score (nSPS) is 11.4. The van der Waals surface area contributed by atoms with Gasteiger partial charge in [0.2, 0.25) is 5.96 Å². The van der Waals surface area contributed by atoms with Crippen molar-refractivity contribution < 1.29 is 0 Å².